The van der Waals surface area contributed by atoms with Gasteiger partial charge in [0, 0.05) is 16.5 Å². The predicted octanol–water partition coefficient (Wildman–Crippen LogP) is 4.66. The molecule has 0 amide bonds. The number of halogens is 1. The summed E-state index contributed by atoms with van der Waals surface area (Å²) < 4.78 is 0. The highest BCUT2D eigenvalue weighted by Crippen LogP contribution is 2.31. The Hall–Kier alpha value is -0.670. The van der Waals surface area contributed by atoms with Gasteiger partial charge in [0.1, 0.15) is 0 Å². The number of anilines is 1. The topological polar surface area (TPSA) is 24.4 Å². The van der Waals surface area contributed by atoms with Gasteiger partial charge in [-0.05, 0) is 30.0 Å². The third-order valence-corrected chi connectivity index (χ3v) is 4.13. The fraction of sp³-hybridized carbons (Fsp3) is 0.500. The average Bonchev–Trinajstić information content (AvgIpc) is 2.28. The number of hydrogen-bond acceptors (Lipinski definition) is 3. The predicted molar refractivity (Wildman–Crippen MR) is 82.8 cm³/mol. The van der Waals surface area contributed by atoms with Crippen molar-refractivity contribution in [2.24, 2.45) is 10.4 Å². The maximum Gasteiger partial charge on any atom is 0.161 e. The molecule has 2 rings (SSSR count). The van der Waals surface area contributed by atoms with E-state index in [4.69, 9.17) is 16.6 Å². The number of hydrogen-bond donors (Lipinski definition) is 1. The molecule has 4 heteroatoms. The molecule has 98 valence electrons. The zero-order valence-electron chi connectivity index (χ0n) is 11.0. The number of nitrogens with zero attached hydrogens (tertiary/aromatic N) is 1. The lowest BCUT2D eigenvalue weighted by molar-refractivity contribution is 0.316. The van der Waals surface area contributed by atoms with Gasteiger partial charge in [0.2, 0.25) is 0 Å². The summed E-state index contributed by atoms with van der Waals surface area (Å²) in [5, 5.41) is 5.10. The van der Waals surface area contributed by atoms with Crippen LogP contribution in [-0.4, -0.2) is 17.0 Å². The highest BCUT2D eigenvalue weighted by molar-refractivity contribution is 8.14. The molecular formula is C14H19ClN2S. The highest BCUT2D eigenvalue weighted by Gasteiger charge is 2.27. The Kier molecular flexibility index (Phi) is 4.23. The second kappa shape index (κ2) is 5.54. The largest absolute Gasteiger partial charge is 0.335 e. The summed E-state index contributed by atoms with van der Waals surface area (Å²) in [5.41, 5.74) is 1.23. The third-order valence-electron chi connectivity index (χ3n) is 2.98. The first kappa shape index (κ1) is 13.8. The normalized spacial score (nSPS) is 20.4. The molecule has 0 saturated carbocycles. The van der Waals surface area contributed by atoms with E-state index in [1.807, 2.05) is 24.3 Å². The number of thioether (sulfide) groups is 1. The van der Waals surface area contributed by atoms with Gasteiger partial charge < -0.3 is 5.32 Å². The van der Waals surface area contributed by atoms with Gasteiger partial charge in [-0.25, -0.2) is 0 Å². The summed E-state index contributed by atoms with van der Waals surface area (Å²) in [6, 6.07) is 8.14. The molecule has 1 heterocycles. The van der Waals surface area contributed by atoms with E-state index in [-0.39, 0.29) is 5.41 Å². The van der Waals surface area contributed by atoms with Crippen molar-refractivity contribution in [1.29, 1.82) is 0 Å². The minimum Gasteiger partial charge on any atom is -0.335 e. The summed E-state index contributed by atoms with van der Waals surface area (Å²) in [4.78, 5) is 4.80. The Labute approximate surface area is 118 Å². The Bertz CT molecular complexity index is 451. The smallest absolute Gasteiger partial charge is 0.161 e. The lowest BCUT2D eigenvalue weighted by Crippen LogP contribution is -2.30. The fourth-order valence-electron chi connectivity index (χ4n) is 1.90. The van der Waals surface area contributed by atoms with Crippen molar-refractivity contribution in [2.75, 3.05) is 11.1 Å². The lowest BCUT2D eigenvalue weighted by atomic mass is 9.85. The summed E-state index contributed by atoms with van der Waals surface area (Å²) >= 11 is 7.76. The van der Waals surface area contributed by atoms with Crippen LogP contribution in [0.25, 0.3) is 0 Å². The zero-order chi connectivity index (χ0) is 13.2. The number of rotatable bonds is 1. The van der Waals surface area contributed by atoms with Gasteiger partial charge in [-0.3, -0.25) is 4.99 Å². The molecule has 0 radical (unpaired) electrons. The minimum atomic E-state index is 0.224. The zero-order valence-corrected chi connectivity index (χ0v) is 12.6. The molecule has 1 N–H and O–H groups in total. The molecule has 2 nitrogen and oxygen atoms in total. The average molecular weight is 283 g/mol. The van der Waals surface area contributed by atoms with Gasteiger partial charge in [-0.2, -0.15) is 0 Å². The SMILES string of the molecule is CC(C)(C)C1CCSC(Nc2cccc(Cl)c2)=N1. The van der Waals surface area contributed by atoms with Crippen LogP contribution in [0.3, 0.4) is 0 Å². The number of benzene rings is 1. The van der Waals surface area contributed by atoms with Gasteiger partial charge in [0.25, 0.3) is 0 Å². The van der Waals surface area contributed by atoms with Crippen LogP contribution in [0.5, 0.6) is 0 Å². The number of amidine groups is 1. The van der Waals surface area contributed by atoms with Crippen molar-refractivity contribution in [2.45, 2.75) is 33.2 Å². The van der Waals surface area contributed by atoms with Gasteiger partial charge in [-0.15, -0.1) is 0 Å². The fourth-order valence-corrected chi connectivity index (χ4v) is 3.01. The van der Waals surface area contributed by atoms with Crippen molar-refractivity contribution >= 4 is 34.2 Å². The van der Waals surface area contributed by atoms with Crippen molar-refractivity contribution in [3.8, 4) is 0 Å². The number of nitrogens with one attached hydrogen (secondary N) is 1. The molecule has 1 unspecified atom stereocenters. The van der Waals surface area contributed by atoms with Crippen LogP contribution in [0, 0.1) is 5.41 Å². The maximum absolute atomic E-state index is 5.98. The van der Waals surface area contributed by atoms with E-state index < -0.39 is 0 Å². The molecule has 1 atom stereocenters. The molecule has 1 aliphatic heterocycles. The molecule has 18 heavy (non-hydrogen) atoms. The van der Waals surface area contributed by atoms with Gasteiger partial charge in [-0.1, -0.05) is 50.2 Å². The molecule has 0 spiro atoms. The molecule has 1 aliphatic rings. The Morgan fingerprint density at radius 3 is 2.83 bits per heavy atom. The van der Waals surface area contributed by atoms with Crippen molar-refractivity contribution in [3.63, 3.8) is 0 Å². The van der Waals surface area contributed by atoms with E-state index in [2.05, 4.69) is 26.1 Å². The van der Waals surface area contributed by atoms with Gasteiger partial charge in [0.15, 0.2) is 5.17 Å². The first-order chi connectivity index (χ1) is 8.45. The van der Waals surface area contributed by atoms with E-state index >= 15 is 0 Å². The maximum atomic E-state index is 5.98. The lowest BCUT2D eigenvalue weighted by Gasteiger charge is -2.31. The van der Waals surface area contributed by atoms with E-state index in [1.165, 1.54) is 0 Å². The molecule has 0 saturated heterocycles. The minimum absolute atomic E-state index is 0.224. The van der Waals surface area contributed by atoms with Crippen LogP contribution in [0.4, 0.5) is 5.69 Å². The molecule has 0 fully saturated rings. The van der Waals surface area contributed by atoms with E-state index in [0.717, 1.165) is 28.1 Å². The van der Waals surface area contributed by atoms with Crippen LogP contribution in [0.1, 0.15) is 27.2 Å². The highest BCUT2D eigenvalue weighted by atomic mass is 35.5. The molecular weight excluding hydrogens is 264 g/mol. The Balaban J connectivity index is 2.11. The van der Waals surface area contributed by atoms with Crippen molar-refractivity contribution < 1.29 is 0 Å². The van der Waals surface area contributed by atoms with Crippen LogP contribution in [-0.2, 0) is 0 Å². The molecule has 1 aromatic rings. The van der Waals surface area contributed by atoms with Crippen LogP contribution in [0.15, 0.2) is 29.3 Å². The molecule has 0 bridgehead atoms. The van der Waals surface area contributed by atoms with Crippen molar-refractivity contribution in [1.82, 2.24) is 0 Å². The van der Waals surface area contributed by atoms with Gasteiger partial charge >= 0.3 is 0 Å². The second-order valence-corrected chi connectivity index (χ2v) is 7.11. The molecule has 1 aromatic carbocycles. The van der Waals surface area contributed by atoms with E-state index in [1.54, 1.807) is 11.8 Å². The molecule has 0 aliphatic carbocycles. The Morgan fingerprint density at radius 1 is 1.39 bits per heavy atom. The first-order valence-electron chi connectivity index (χ1n) is 6.18. The summed E-state index contributed by atoms with van der Waals surface area (Å²) in [6.45, 7) is 6.73. The monoisotopic (exact) mass is 282 g/mol. The summed E-state index contributed by atoms with van der Waals surface area (Å²) in [6.07, 6.45) is 1.15. The standard InChI is InChI=1S/C14H19ClN2S/c1-14(2,3)12-7-8-18-13(17-12)16-11-6-4-5-10(15)9-11/h4-6,9,12H,7-8H2,1-3H3,(H,16,17). The second-order valence-electron chi connectivity index (χ2n) is 5.59. The van der Waals surface area contributed by atoms with Crippen molar-refractivity contribution in [3.05, 3.63) is 29.3 Å². The summed E-state index contributed by atoms with van der Waals surface area (Å²) in [7, 11) is 0. The third kappa shape index (κ3) is 3.66. The first-order valence-corrected chi connectivity index (χ1v) is 7.55. The van der Waals surface area contributed by atoms with Crippen LogP contribution >= 0.6 is 23.4 Å². The summed E-state index contributed by atoms with van der Waals surface area (Å²) in [5.74, 6) is 1.12. The van der Waals surface area contributed by atoms with E-state index in [9.17, 15) is 0 Å². The quantitative estimate of drug-likeness (QED) is 0.810. The van der Waals surface area contributed by atoms with Crippen LogP contribution < -0.4 is 5.32 Å². The van der Waals surface area contributed by atoms with Crippen LogP contribution in [0.2, 0.25) is 5.02 Å². The Morgan fingerprint density at radius 2 is 2.17 bits per heavy atom. The number of aliphatic imine (C=N–C) groups is 1. The van der Waals surface area contributed by atoms with Gasteiger partial charge in [0.05, 0.1) is 6.04 Å². The molecule has 0 aromatic heterocycles. The van der Waals surface area contributed by atoms with E-state index in [0.29, 0.717) is 6.04 Å².